The summed E-state index contributed by atoms with van der Waals surface area (Å²) >= 11 is 0. The first-order chi connectivity index (χ1) is 11.5. The number of allylic oxidation sites excluding steroid dienone is 1. The zero-order chi connectivity index (χ0) is 17.8. The molecule has 5 nitrogen and oxygen atoms in total. The summed E-state index contributed by atoms with van der Waals surface area (Å²) in [7, 11) is 0. The van der Waals surface area contributed by atoms with Gasteiger partial charge in [0.1, 0.15) is 12.4 Å². The second-order valence-electron chi connectivity index (χ2n) is 5.56. The van der Waals surface area contributed by atoms with Crippen molar-refractivity contribution in [2.75, 3.05) is 13.2 Å². The second kappa shape index (κ2) is 10.4. The summed E-state index contributed by atoms with van der Waals surface area (Å²) in [6.45, 7) is 5.09. The van der Waals surface area contributed by atoms with Crippen molar-refractivity contribution in [2.24, 2.45) is 0 Å². The monoisotopic (exact) mass is 321 g/mol. The van der Waals surface area contributed by atoms with Gasteiger partial charge in [0.05, 0.1) is 0 Å². The third-order valence-electron chi connectivity index (χ3n) is 3.20. The minimum absolute atomic E-state index is 0.128. The topological polar surface area (TPSA) is 75.6 Å². The summed E-state index contributed by atoms with van der Waals surface area (Å²) in [5.41, 5.74) is 1.78. The first-order valence-corrected chi connectivity index (χ1v) is 7.83. The summed E-state index contributed by atoms with van der Waals surface area (Å²) in [5.74, 6) is 0.0766. The van der Waals surface area contributed by atoms with Crippen LogP contribution in [0.3, 0.4) is 0 Å². The Morgan fingerprint density at radius 3 is 2.61 bits per heavy atom. The van der Waals surface area contributed by atoms with Crippen molar-refractivity contribution >= 4 is 11.9 Å². The first kappa shape index (κ1) is 17.1. The number of nitrogens with one attached hydrogen (secondary N) is 1. The van der Waals surface area contributed by atoms with E-state index >= 15 is 0 Å². The van der Waals surface area contributed by atoms with Crippen LogP contribution in [0.2, 0.25) is 0 Å². The molecule has 0 unspecified atom stereocenters. The zero-order valence-electron chi connectivity index (χ0n) is 14.8. The molecule has 0 spiro atoms. The van der Waals surface area contributed by atoms with E-state index in [0.717, 1.165) is 18.6 Å². The Kier molecular flexibility index (Phi) is 7.74. The van der Waals surface area contributed by atoms with Crippen LogP contribution in [-0.2, 0) is 4.79 Å². The van der Waals surface area contributed by atoms with Gasteiger partial charge in [-0.05, 0) is 57.0 Å². The van der Waals surface area contributed by atoms with Crippen molar-refractivity contribution < 1.29 is 19.4 Å². The highest BCUT2D eigenvalue weighted by molar-refractivity contribution is 5.94. The molecular weight excluding hydrogens is 294 g/mol. The average molecular weight is 321 g/mol. The van der Waals surface area contributed by atoms with Crippen molar-refractivity contribution in [3.63, 3.8) is 0 Å². The van der Waals surface area contributed by atoms with Crippen molar-refractivity contribution in [1.29, 1.82) is 1.43 Å². The lowest BCUT2D eigenvalue weighted by atomic mass is 10.2. The van der Waals surface area contributed by atoms with Crippen LogP contribution in [-0.4, -0.2) is 30.1 Å². The van der Waals surface area contributed by atoms with Gasteiger partial charge in [-0.2, -0.15) is 0 Å². The van der Waals surface area contributed by atoms with E-state index in [2.05, 4.69) is 10.4 Å². The molecule has 0 saturated carbocycles. The standard InChI is InChI=1S/C18H25NO4/c1-14(2)11-13-23-16-9-7-15(8-10-16)18(22)19-12-5-3-4-6-17(20)21/h7-11H,3-6,12-13H2,1-2H3,(H,19,22)(H,20,21)/i/hT. The smallest absolute Gasteiger partial charge is 0.303 e. The highest BCUT2D eigenvalue weighted by Crippen LogP contribution is 2.12. The maximum absolute atomic E-state index is 12.0. The maximum Gasteiger partial charge on any atom is 0.303 e. The Balaban J connectivity index is 2.25. The van der Waals surface area contributed by atoms with E-state index in [1.807, 2.05) is 19.9 Å². The van der Waals surface area contributed by atoms with Gasteiger partial charge in [0, 0.05) is 18.5 Å². The molecule has 0 aliphatic carbocycles. The van der Waals surface area contributed by atoms with Crippen LogP contribution in [0.15, 0.2) is 35.9 Å². The van der Waals surface area contributed by atoms with E-state index in [0.29, 0.717) is 25.1 Å². The lowest BCUT2D eigenvalue weighted by Gasteiger charge is -2.07. The van der Waals surface area contributed by atoms with Crippen LogP contribution >= 0.6 is 0 Å². The summed E-state index contributed by atoms with van der Waals surface area (Å²) in [6.07, 6.45) is 4.47. The predicted molar refractivity (Wildman–Crippen MR) is 89.8 cm³/mol. The molecule has 0 atom stereocenters. The number of carbonyl (C=O) groups excluding carboxylic acids is 1. The molecule has 1 rings (SSSR count). The molecule has 0 radical (unpaired) electrons. The molecule has 0 aromatic heterocycles. The molecule has 0 fully saturated rings. The van der Waals surface area contributed by atoms with Gasteiger partial charge >= 0.3 is 5.97 Å². The number of carbonyl (C=O) groups is 2. The molecule has 1 aromatic carbocycles. The summed E-state index contributed by atoms with van der Waals surface area (Å²) in [5, 5.41) is 6.66. The van der Waals surface area contributed by atoms with E-state index in [1.165, 1.54) is 5.57 Å². The fraction of sp³-hybridized carbons (Fsp3) is 0.444. The number of benzene rings is 1. The van der Waals surface area contributed by atoms with Crippen LogP contribution in [0.1, 0.15) is 49.9 Å². The van der Waals surface area contributed by atoms with E-state index in [1.54, 1.807) is 24.3 Å². The van der Waals surface area contributed by atoms with Gasteiger partial charge in [-0.15, -0.1) is 0 Å². The van der Waals surface area contributed by atoms with Crippen LogP contribution in [0.25, 0.3) is 1.43 Å². The molecule has 1 aromatic rings. The van der Waals surface area contributed by atoms with Gasteiger partial charge in [-0.25, -0.2) is 0 Å². The van der Waals surface area contributed by atoms with Crippen LogP contribution in [0, 0.1) is 0 Å². The number of hydrogen-bond acceptors (Lipinski definition) is 4. The van der Waals surface area contributed by atoms with Gasteiger partial charge < -0.3 is 15.2 Å². The molecule has 23 heavy (non-hydrogen) atoms. The van der Waals surface area contributed by atoms with E-state index in [-0.39, 0.29) is 12.3 Å². The number of hydrogen-bond donors (Lipinski definition) is 2. The number of rotatable bonds is 10. The molecule has 5 heteroatoms. The zero-order valence-corrected chi connectivity index (χ0v) is 13.8. The highest BCUT2D eigenvalue weighted by atomic mass is 16.5. The van der Waals surface area contributed by atoms with Gasteiger partial charge in [0.25, 0.3) is 7.34 Å². The number of aliphatic carboxylic acids is 1. The third-order valence-corrected chi connectivity index (χ3v) is 3.20. The fourth-order valence-electron chi connectivity index (χ4n) is 1.88. The van der Waals surface area contributed by atoms with Crippen LogP contribution < -0.4 is 10.1 Å². The second-order valence-corrected chi connectivity index (χ2v) is 5.56. The van der Waals surface area contributed by atoms with Crippen molar-refractivity contribution in [3.05, 3.63) is 41.5 Å². The Morgan fingerprint density at radius 2 is 1.96 bits per heavy atom. The van der Waals surface area contributed by atoms with E-state index < -0.39 is 5.97 Å². The average Bonchev–Trinajstić information content (AvgIpc) is 2.57. The summed E-state index contributed by atoms with van der Waals surface area (Å²) in [4.78, 5) is 22.8. The fourth-order valence-corrected chi connectivity index (χ4v) is 1.88. The van der Waals surface area contributed by atoms with Gasteiger partial charge in [0.2, 0.25) is 0 Å². The number of unbranched alkanes of at least 4 members (excludes halogenated alkanes) is 2. The van der Waals surface area contributed by atoms with E-state index in [4.69, 9.17) is 6.17 Å². The predicted octanol–water partition coefficient (Wildman–Crippen LogP) is 3.41. The normalized spacial score (nSPS) is 10.4. The summed E-state index contributed by atoms with van der Waals surface area (Å²) < 4.78 is 12.0. The summed E-state index contributed by atoms with van der Waals surface area (Å²) in [6, 6.07) is 7.02. The van der Waals surface area contributed by atoms with E-state index in [9.17, 15) is 9.59 Å². The van der Waals surface area contributed by atoms with Crippen LogP contribution in [0.4, 0.5) is 0 Å². The molecule has 0 bridgehead atoms. The Hall–Kier alpha value is -2.30. The van der Waals surface area contributed by atoms with Crippen molar-refractivity contribution in [3.8, 4) is 5.75 Å². The first-order valence-electron chi connectivity index (χ1n) is 8.24. The molecule has 2 N–H and O–H groups in total. The Bertz CT molecular complexity index is 551. The van der Waals surface area contributed by atoms with Crippen molar-refractivity contribution in [1.82, 2.24) is 5.32 Å². The molecule has 0 heterocycles. The minimum atomic E-state index is -0.522. The number of amides is 1. The van der Waals surface area contributed by atoms with Gasteiger partial charge in [-0.3, -0.25) is 9.59 Å². The SMILES string of the molecule is [3H]OC(=O)CCCCCNC(=O)c1ccc(OCC=C(C)C)cc1. The molecular formula is C18H25NO4. The molecule has 126 valence electrons. The third kappa shape index (κ3) is 8.66. The Morgan fingerprint density at radius 1 is 1.22 bits per heavy atom. The molecule has 1 amide bonds. The molecule has 0 saturated heterocycles. The lowest BCUT2D eigenvalue weighted by molar-refractivity contribution is -0.137. The lowest BCUT2D eigenvalue weighted by Crippen LogP contribution is -2.24. The molecule has 0 aliphatic heterocycles. The van der Waals surface area contributed by atoms with Crippen molar-refractivity contribution in [2.45, 2.75) is 39.5 Å². The van der Waals surface area contributed by atoms with Gasteiger partial charge in [0.15, 0.2) is 0 Å². The number of ether oxygens (including phenoxy) is 1. The maximum atomic E-state index is 12.0. The van der Waals surface area contributed by atoms with Crippen LogP contribution in [0.5, 0.6) is 5.75 Å². The molecule has 0 aliphatic rings. The largest absolute Gasteiger partial charge is 0.490 e. The van der Waals surface area contributed by atoms with Gasteiger partial charge in [-0.1, -0.05) is 12.0 Å². The number of carboxylic acid groups (broad SMARTS) is 1. The quantitative estimate of drug-likeness (QED) is 0.511. The number of carboxylic acids is 1. The minimum Gasteiger partial charge on any atom is -0.490 e. The Labute approximate surface area is 138 Å². The highest BCUT2D eigenvalue weighted by Gasteiger charge is 2.05.